The zero-order valence-electron chi connectivity index (χ0n) is 16.1. The summed E-state index contributed by atoms with van der Waals surface area (Å²) in [4.78, 5) is 13.4. The Morgan fingerprint density at radius 3 is 2.56 bits per heavy atom. The Kier molecular flexibility index (Phi) is 8.49. The summed E-state index contributed by atoms with van der Waals surface area (Å²) < 4.78 is 26.0. The molecule has 0 aliphatic carbocycles. The van der Waals surface area contributed by atoms with Gasteiger partial charge in [-0.25, -0.2) is 8.42 Å². The lowest BCUT2D eigenvalue weighted by Crippen LogP contribution is -3.00. The van der Waals surface area contributed by atoms with Crippen LogP contribution in [0.2, 0.25) is 0 Å². The normalized spacial score (nSPS) is 17.0. The van der Waals surface area contributed by atoms with Gasteiger partial charge in [-0.3, -0.25) is 14.9 Å². The molecule has 0 bridgehead atoms. The van der Waals surface area contributed by atoms with Crippen LogP contribution >= 0.6 is 0 Å². The molecule has 0 atom stereocenters. The number of rotatable bonds is 7. The van der Waals surface area contributed by atoms with Gasteiger partial charge in [0.2, 0.25) is 5.91 Å². The number of quaternary nitrogens is 1. The van der Waals surface area contributed by atoms with Crippen molar-refractivity contribution >= 4 is 27.3 Å². The Morgan fingerprint density at radius 2 is 1.96 bits per heavy atom. The van der Waals surface area contributed by atoms with E-state index in [9.17, 15) is 18.4 Å². The van der Waals surface area contributed by atoms with Crippen LogP contribution in [0.4, 0.5) is 11.4 Å². The summed E-state index contributed by atoms with van der Waals surface area (Å²) in [5.41, 5.74) is 0.538. The molecule has 0 radical (unpaired) electrons. The number of amides is 1. The molecule has 1 fully saturated rings. The van der Waals surface area contributed by atoms with E-state index in [1.807, 2.05) is 0 Å². The molecular weight excluding hydrogens is 392 g/mol. The number of benzene rings is 1. The molecule has 0 saturated carbocycles. The topological polar surface area (TPSA) is 90.0 Å². The molecule has 27 heavy (non-hydrogen) atoms. The maximum atomic E-state index is 12.4. The highest BCUT2D eigenvalue weighted by Gasteiger charge is 2.28. The fourth-order valence-electron chi connectivity index (χ4n) is 3.05. The molecule has 1 aromatic carbocycles. The molecule has 1 saturated heterocycles. The molecule has 2 N–H and O–H groups in total. The van der Waals surface area contributed by atoms with Crippen molar-refractivity contribution in [3.05, 3.63) is 24.3 Å². The van der Waals surface area contributed by atoms with Crippen LogP contribution in [-0.2, 0) is 14.8 Å². The molecule has 10 heteroatoms. The summed E-state index contributed by atoms with van der Waals surface area (Å²) in [6.45, 7) is 6.13. The zero-order chi connectivity index (χ0) is 19.4. The first-order valence-corrected chi connectivity index (χ1v) is 10.3. The van der Waals surface area contributed by atoms with Crippen LogP contribution in [0.15, 0.2) is 24.3 Å². The second kappa shape index (κ2) is 9.70. The molecule has 0 spiro atoms. The Labute approximate surface area is 167 Å². The predicted molar refractivity (Wildman–Crippen MR) is 102 cm³/mol. The van der Waals surface area contributed by atoms with Gasteiger partial charge in [0.15, 0.2) is 0 Å². The number of hydrogen-bond donors (Lipinski definition) is 2. The Morgan fingerprint density at radius 1 is 1.33 bits per heavy atom. The number of piperazine rings is 1. The van der Waals surface area contributed by atoms with Crippen molar-refractivity contribution in [1.29, 1.82) is 0 Å². The Hall–Kier alpha value is -1.39. The van der Waals surface area contributed by atoms with Gasteiger partial charge in [-0.1, -0.05) is 6.07 Å². The van der Waals surface area contributed by atoms with Crippen LogP contribution in [0.1, 0.15) is 13.3 Å². The van der Waals surface area contributed by atoms with Crippen LogP contribution in [0.25, 0.3) is 0 Å². The van der Waals surface area contributed by atoms with Crippen LogP contribution in [0, 0.1) is 0 Å². The Balaban J connectivity index is 0.00000364. The molecular formula is C17H29ClN4O4S. The van der Waals surface area contributed by atoms with Gasteiger partial charge >= 0.3 is 0 Å². The average molecular weight is 421 g/mol. The quantitative estimate of drug-likeness (QED) is 0.392. The Bertz CT molecular complexity index is 736. The molecule has 0 aromatic heterocycles. The molecule has 1 heterocycles. The van der Waals surface area contributed by atoms with E-state index in [1.165, 1.54) is 19.1 Å². The number of hydrogen-bond acceptors (Lipinski definition) is 5. The van der Waals surface area contributed by atoms with E-state index in [4.69, 9.17) is 0 Å². The van der Waals surface area contributed by atoms with Gasteiger partial charge < -0.3 is 22.2 Å². The number of nitrogens with zero attached hydrogens (tertiary/aromatic N) is 3. The minimum atomic E-state index is -3.84. The molecule has 1 aromatic rings. The third-order valence-electron chi connectivity index (χ3n) is 4.79. The van der Waals surface area contributed by atoms with Gasteiger partial charge in [-0.05, 0) is 25.2 Å². The first-order chi connectivity index (χ1) is 12.1. The third kappa shape index (κ3) is 6.93. The lowest BCUT2D eigenvalue weighted by molar-refractivity contribution is -0.913. The molecule has 0 unspecified atom stereocenters. The van der Waals surface area contributed by atoms with Crippen molar-refractivity contribution in [3.63, 3.8) is 0 Å². The van der Waals surface area contributed by atoms with E-state index in [1.54, 1.807) is 12.1 Å². The monoisotopic (exact) mass is 420 g/mol. The molecule has 1 aliphatic rings. The van der Waals surface area contributed by atoms with E-state index >= 15 is 0 Å². The van der Waals surface area contributed by atoms with Gasteiger partial charge in [-0.2, -0.15) is 0 Å². The number of anilines is 2. The summed E-state index contributed by atoms with van der Waals surface area (Å²) in [6, 6.07) is 6.12. The van der Waals surface area contributed by atoms with E-state index in [2.05, 4.69) is 24.3 Å². The van der Waals surface area contributed by atoms with Gasteiger partial charge in [0.25, 0.3) is 10.0 Å². The average Bonchev–Trinajstić information content (AvgIpc) is 2.56. The minimum Gasteiger partial charge on any atom is -1.00 e. The smallest absolute Gasteiger partial charge is 0.257 e. The van der Waals surface area contributed by atoms with Gasteiger partial charge in [0.1, 0.15) is 0 Å². The lowest BCUT2D eigenvalue weighted by atomic mass is 10.2. The van der Waals surface area contributed by atoms with Crippen LogP contribution in [-0.4, -0.2) is 81.5 Å². The van der Waals surface area contributed by atoms with Crippen molar-refractivity contribution in [2.45, 2.75) is 13.3 Å². The molecule has 1 aliphatic heterocycles. The number of halogens is 1. The number of carbonyl (C=O) groups is 1. The van der Waals surface area contributed by atoms with Crippen LogP contribution < -0.4 is 22.2 Å². The number of nitrogens with one attached hydrogen (secondary N) is 1. The highest BCUT2D eigenvalue weighted by atomic mass is 35.5. The summed E-state index contributed by atoms with van der Waals surface area (Å²) in [5, 5.41) is 12.7. The number of carbonyl (C=O) groups excluding carboxylic acids is 1. The van der Waals surface area contributed by atoms with Gasteiger partial charge in [0.05, 0.1) is 38.1 Å². The van der Waals surface area contributed by atoms with E-state index in [-0.39, 0.29) is 29.8 Å². The lowest BCUT2D eigenvalue weighted by Gasteiger charge is -2.41. The van der Waals surface area contributed by atoms with E-state index in [0.29, 0.717) is 16.6 Å². The number of likely N-dealkylation sites (N-methyl/N-ethyl adjacent to an activating group) is 2. The fraction of sp³-hybridized carbons (Fsp3) is 0.588. The van der Waals surface area contributed by atoms with Crippen LogP contribution in [0.5, 0.6) is 0 Å². The summed E-state index contributed by atoms with van der Waals surface area (Å²) in [5.74, 6) is -0.393. The first kappa shape index (κ1) is 23.6. The maximum Gasteiger partial charge on any atom is 0.257 e. The predicted octanol–water partition coefficient (Wildman–Crippen LogP) is -2.04. The zero-order valence-corrected chi connectivity index (χ0v) is 17.6. The standard InChI is InChI=1S/C17H28N4O4S.ClH/c1-15(22)18-16-6-4-7-17(14-16)20(23)26(24,25)13-5-10-21(3)11-8-19(2)9-12-21;/h4,6-7,14,23H,5,8-13H2,1-3H3;1H. The minimum absolute atomic E-state index is 0. The van der Waals surface area contributed by atoms with E-state index < -0.39 is 10.0 Å². The SMILES string of the molecule is CC(=O)Nc1cccc(N(O)S(=O)(=O)CCC[N+]2(C)CCN(C)CC2)c1.[Cl-]. The summed E-state index contributed by atoms with van der Waals surface area (Å²) >= 11 is 0. The van der Waals surface area contributed by atoms with E-state index in [0.717, 1.165) is 37.2 Å². The summed E-state index contributed by atoms with van der Waals surface area (Å²) in [6.07, 6.45) is 0.477. The van der Waals surface area contributed by atoms with Crippen molar-refractivity contribution in [3.8, 4) is 0 Å². The second-order valence-corrected chi connectivity index (χ2v) is 9.16. The molecule has 2 rings (SSSR count). The largest absolute Gasteiger partial charge is 1.00 e. The van der Waals surface area contributed by atoms with Gasteiger partial charge in [-0.15, -0.1) is 4.47 Å². The first-order valence-electron chi connectivity index (χ1n) is 8.73. The third-order valence-corrected chi connectivity index (χ3v) is 6.34. The summed E-state index contributed by atoms with van der Waals surface area (Å²) in [7, 11) is 0.395. The molecule has 8 nitrogen and oxygen atoms in total. The fourth-order valence-corrected chi connectivity index (χ4v) is 4.15. The molecule has 154 valence electrons. The van der Waals surface area contributed by atoms with Crippen LogP contribution in [0.3, 0.4) is 0 Å². The maximum absolute atomic E-state index is 12.4. The van der Waals surface area contributed by atoms with Crippen molar-refractivity contribution in [2.24, 2.45) is 0 Å². The second-order valence-electron chi connectivity index (χ2n) is 7.24. The van der Waals surface area contributed by atoms with Crippen molar-refractivity contribution in [2.75, 3.05) is 62.4 Å². The number of sulfonamides is 1. The molecule has 1 amide bonds. The highest BCUT2D eigenvalue weighted by molar-refractivity contribution is 7.92. The van der Waals surface area contributed by atoms with Crippen molar-refractivity contribution < 1.29 is 35.3 Å². The van der Waals surface area contributed by atoms with Crippen molar-refractivity contribution in [1.82, 2.24) is 4.90 Å². The highest BCUT2D eigenvalue weighted by Crippen LogP contribution is 2.21. The van der Waals surface area contributed by atoms with Gasteiger partial charge in [0, 0.05) is 32.1 Å².